The van der Waals surface area contributed by atoms with Crippen molar-refractivity contribution in [1.82, 2.24) is 9.66 Å². The Labute approximate surface area is 240 Å². The quantitative estimate of drug-likeness (QED) is 0.186. The molecule has 0 spiro atoms. The molecular formula is C32H24ClN3O5. The number of benzene rings is 4. The summed E-state index contributed by atoms with van der Waals surface area (Å²) in [6.07, 6.45) is 1.54. The zero-order chi connectivity index (χ0) is 28.3. The molecule has 0 radical (unpaired) electrons. The lowest BCUT2D eigenvalue weighted by Gasteiger charge is -2.14. The van der Waals surface area contributed by atoms with Crippen LogP contribution in [0.3, 0.4) is 0 Å². The van der Waals surface area contributed by atoms with Gasteiger partial charge in [0.1, 0.15) is 17.9 Å². The van der Waals surface area contributed by atoms with Gasteiger partial charge in [0, 0.05) is 16.1 Å². The smallest absolute Gasteiger partial charge is 0.282 e. The van der Waals surface area contributed by atoms with Crippen molar-refractivity contribution in [2.45, 2.75) is 6.61 Å². The molecule has 0 N–H and O–H groups in total. The van der Waals surface area contributed by atoms with Crippen molar-refractivity contribution in [3.8, 4) is 28.8 Å². The first kappa shape index (κ1) is 26.2. The standard InChI is InChI=1S/C32H24ClN3O5/c1-38-26-14-8-15-27-23(26)17-29(41-27)31-35-25-13-6-4-11-22(25)32(37)36(31)34-18-20-10-7-16-28(39-2)30(20)40-19-21-9-3-5-12-24(21)33/h3-18H,19H2,1-2H3. The van der Waals surface area contributed by atoms with Gasteiger partial charge in [-0.25, -0.2) is 4.98 Å². The van der Waals surface area contributed by atoms with Crippen LogP contribution in [-0.2, 0) is 6.61 Å². The summed E-state index contributed by atoms with van der Waals surface area (Å²) in [5.74, 6) is 2.22. The minimum absolute atomic E-state index is 0.213. The predicted octanol–water partition coefficient (Wildman–Crippen LogP) is 6.94. The minimum Gasteiger partial charge on any atom is -0.496 e. The van der Waals surface area contributed by atoms with Crippen molar-refractivity contribution in [2.75, 3.05) is 14.2 Å². The van der Waals surface area contributed by atoms with Crippen LogP contribution in [0.25, 0.3) is 33.5 Å². The van der Waals surface area contributed by atoms with E-state index in [0.717, 1.165) is 10.9 Å². The molecule has 2 heterocycles. The van der Waals surface area contributed by atoms with Crippen molar-refractivity contribution < 1.29 is 18.6 Å². The molecule has 6 aromatic rings. The molecule has 0 aliphatic carbocycles. The van der Waals surface area contributed by atoms with E-state index in [9.17, 15) is 4.79 Å². The van der Waals surface area contributed by atoms with Crippen molar-refractivity contribution in [3.05, 3.63) is 117 Å². The molecule has 41 heavy (non-hydrogen) atoms. The van der Waals surface area contributed by atoms with Crippen molar-refractivity contribution in [1.29, 1.82) is 0 Å². The monoisotopic (exact) mass is 565 g/mol. The highest BCUT2D eigenvalue weighted by molar-refractivity contribution is 6.31. The Morgan fingerprint density at radius 3 is 2.49 bits per heavy atom. The van der Waals surface area contributed by atoms with Gasteiger partial charge in [0.15, 0.2) is 17.3 Å². The third-order valence-corrected chi connectivity index (χ3v) is 6.96. The molecule has 0 saturated heterocycles. The van der Waals surface area contributed by atoms with E-state index in [2.05, 4.69) is 5.10 Å². The lowest BCUT2D eigenvalue weighted by atomic mass is 10.2. The number of methoxy groups -OCH3 is 2. The van der Waals surface area contributed by atoms with Crippen LogP contribution < -0.4 is 19.8 Å². The summed E-state index contributed by atoms with van der Waals surface area (Å²) in [6.45, 7) is 0.213. The maximum absolute atomic E-state index is 13.7. The van der Waals surface area contributed by atoms with E-state index < -0.39 is 0 Å². The average Bonchev–Trinajstić information content (AvgIpc) is 3.45. The molecule has 2 aromatic heterocycles. The third-order valence-electron chi connectivity index (χ3n) is 6.59. The Morgan fingerprint density at radius 1 is 0.902 bits per heavy atom. The van der Waals surface area contributed by atoms with Crippen LogP contribution >= 0.6 is 11.6 Å². The zero-order valence-electron chi connectivity index (χ0n) is 22.2. The summed E-state index contributed by atoms with van der Waals surface area (Å²) in [5, 5.41) is 6.36. The fourth-order valence-corrected chi connectivity index (χ4v) is 4.74. The zero-order valence-corrected chi connectivity index (χ0v) is 23.0. The van der Waals surface area contributed by atoms with Gasteiger partial charge in [0.05, 0.1) is 36.7 Å². The fourth-order valence-electron chi connectivity index (χ4n) is 4.55. The molecule has 4 aromatic carbocycles. The summed E-state index contributed by atoms with van der Waals surface area (Å²) in [5.41, 5.74) is 2.18. The number of fused-ring (bicyclic) bond motifs is 2. The summed E-state index contributed by atoms with van der Waals surface area (Å²) < 4.78 is 24.6. The Bertz CT molecular complexity index is 1980. The Morgan fingerprint density at radius 2 is 1.66 bits per heavy atom. The van der Waals surface area contributed by atoms with Gasteiger partial charge in [-0.2, -0.15) is 9.78 Å². The maximum Gasteiger partial charge on any atom is 0.282 e. The van der Waals surface area contributed by atoms with Gasteiger partial charge in [0.2, 0.25) is 5.82 Å². The molecule has 0 amide bonds. The highest BCUT2D eigenvalue weighted by Gasteiger charge is 2.18. The highest BCUT2D eigenvalue weighted by atomic mass is 35.5. The Hall–Kier alpha value is -5.08. The summed E-state index contributed by atoms with van der Waals surface area (Å²) in [7, 11) is 3.15. The largest absolute Gasteiger partial charge is 0.496 e. The van der Waals surface area contributed by atoms with Gasteiger partial charge < -0.3 is 18.6 Å². The predicted molar refractivity (Wildman–Crippen MR) is 160 cm³/mol. The second-order valence-electron chi connectivity index (χ2n) is 9.06. The number of rotatable bonds is 8. The van der Waals surface area contributed by atoms with E-state index in [1.165, 1.54) is 10.9 Å². The molecule has 0 aliphatic heterocycles. The summed E-state index contributed by atoms with van der Waals surface area (Å²) >= 11 is 6.33. The first-order valence-electron chi connectivity index (χ1n) is 12.7. The number of halogens is 1. The van der Waals surface area contributed by atoms with Crippen LogP contribution in [0.2, 0.25) is 5.02 Å². The summed E-state index contributed by atoms with van der Waals surface area (Å²) in [4.78, 5) is 18.5. The van der Waals surface area contributed by atoms with Gasteiger partial charge in [-0.3, -0.25) is 4.79 Å². The molecule has 0 atom stereocenters. The van der Waals surface area contributed by atoms with Gasteiger partial charge in [0.25, 0.3) is 5.56 Å². The van der Waals surface area contributed by atoms with Crippen LogP contribution in [0.5, 0.6) is 17.2 Å². The van der Waals surface area contributed by atoms with Crippen molar-refractivity contribution >= 4 is 39.7 Å². The highest BCUT2D eigenvalue weighted by Crippen LogP contribution is 2.34. The van der Waals surface area contributed by atoms with Crippen LogP contribution in [0, 0.1) is 0 Å². The molecule has 9 heteroatoms. The Kier molecular flexibility index (Phi) is 7.14. The molecule has 0 fully saturated rings. The van der Waals surface area contributed by atoms with Gasteiger partial charge >= 0.3 is 0 Å². The molecule has 8 nitrogen and oxygen atoms in total. The number of para-hydroxylation sites is 2. The number of hydrogen-bond donors (Lipinski definition) is 0. The van der Waals surface area contributed by atoms with E-state index in [4.69, 9.17) is 35.2 Å². The second-order valence-corrected chi connectivity index (χ2v) is 9.46. The number of furan rings is 1. The topological polar surface area (TPSA) is 88.1 Å². The molecule has 0 saturated carbocycles. The van der Waals surface area contributed by atoms with E-state index in [1.807, 2.05) is 54.6 Å². The molecule has 0 bridgehead atoms. The van der Waals surface area contributed by atoms with Crippen LogP contribution in [0.1, 0.15) is 11.1 Å². The fraction of sp³-hybridized carbons (Fsp3) is 0.0938. The van der Waals surface area contributed by atoms with E-state index in [-0.39, 0.29) is 18.0 Å². The van der Waals surface area contributed by atoms with Crippen molar-refractivity contribution in [2.24, 2.45) is 5.10 Å². The average molecular weight is 566 g/mol. The third kappa shape index (κ3) is 5.01. The minimum atomic E-state index is -0.351. The molecule has 0 aliphatic rings. The lowest BCUT2D eigenvalue weighted by molar-refractivity contribution is 0.284. The molecule has 204 valence electrons. The van der Waals surface area contributed by atoms with Crippen LogP contribution in [-0.4, -0.2) is 30.1 Å². The number of ether oxygens (including phenoxy) is 3. The Balaban J connectivity index is 1.47. The van der Waals surface area contributed by atoms with Gasteiger partial charge in [-0.1, -0.05) is 54.1 Å². The van der Waals surface area contributed by atoms with Gasteiger partial charge in [-0.15, -0.1) is 0 Å². The number of hydrogen-bond acceptors (Lipinski definition) is 7. The van der Waals surface area contributed by atoms with Gasteiger partial charge in [-0.05, 0) is 48.5 Å². The number of nitrogens with zero attached hydrogens (tertiary/aromatic N) is 3. The number of aromatic nitrogens is 2. The van der Waals surface area contributed by atoms with E-state index in [0.29, 0.717) is 50.1 Å². The van der Waals surface area contributed by atoms with E-state index in [1.54, 1.807) is 50.6 Å². The molecule has 6 rings (SSSR count). The molecular weight excluding hydrogens is 542 g/mol. The van der Waals surface area contributed by atoms with E-state index >= 15 is 0 Å². The van der Waals surface area contributed by atoms with Crippen molar-refractivity contribution in [3.63, 3.8) is 0 Å². The molecule has 0 unspecified atom stereocenters. The SMILES string of the molecule is COc1cccc(C=Nn2c(-c3cc4c(OC)cccc4o3)nc3ccccc3c2=O)c1OCc1ccccc1Cl. The second kappa shape index (κ2) is 11.2. The lowest BCUT2D eigenvalue weighted by Crippen LogP contribution is -2.20. The first-order chi connectivity index (χ1) is 20.1. The first-order valence-corrected chi connectivity index (χ1v) is 13.1. The maximum atomic E-state index is 13.7. The van der Waals surface area contributed by atoms with Crippen LogP contribution in [0.15, 0.2) is 105 Å². The summed E-state index contributed by atoms with van der Waals surface area (Å²) in [6, 6.07) is 27.3. The normalized spacial score (nSPS) is 11.4. The van der Waals surface area contributed by atoms with Crippen LogP contribution in [0.4, 0.5) is 0 Å².